The first-order valence-electron chi connectivity index (χ1n) is 9.69. The fraction of sp³-hybridized carbons (Fsp3) is 0.0800. The molecule has 1 aromatic heterocycles. The Labute approximate surface area is 175 Å². The first-order chi connectivity index (χ1) is 14.5. The lowest BCUT2D eigenvalue weighted by Crippen LogP contribution is -2.10. The zero-order valence-corrected chi connectivity index (χ0v) is 17.5. The number of pyridine rings is 1. The molecular formula is C25H20N2O2S. The number of hydrogen-bond acceptors (Lipinski definition) is 4. The quantitative estimate of drug-likeness (QED) is 0.370. The van der Waals surface area contributed by atoms with E-state index in [-0.39, 0.29) is 4.90 Å². The lowest BCUT2D eigenvalue weighted by Gasteiger charge is -2.17. The van der Waals surface area contributed by atoms with Crippen molar-refractivity contribution in [2.24, 2.45) is 0 Å². The highest BCUT2D eigenvalue weighted by Crippen LogP contribution is 2.35. The summed E-state index contributed by atoms with van der Waals surface area (Å²) in [6, 6.07) is 26.2. The molecular weight excluding hydrogens is 392 g/mol. The minimum absolute atomic E-state index is 0.279. The number of benzene rings is 4. The number of hydrogen-bond donors (Lipinski definition) is 0. The van der Waals surface area contributed by atoms with Gasteiger partial charge in [-0.05, 0) is 36.4 Å². The maximum absolute atomic E-state index is 13.8. The van der Waals surface area contributed by atoms with Gasteiger partial charge in [-0.25, -0.2) is 13.4 Å². The molecule has 4 nitrogen and oxygen atoms in total. The Morgan fingerprint density at radius 2 is 1.30 bits per heavy atom. The van der Waals surface area contributed by atoms with Crippen LogP contribution in [0.25, 0.3) is 32.6 Å². The van der Waals surface area contributed by atoms with Crippen molar-refractivity contribution in [3.05, 3.63) is 84.9 Å². The largest absolute Gasteiger partial charge is 0.377 e. The van der Waals surface area contributed by atoms with Gasteiger partial charge in [0.05, 0.1) is 20.8 Å². The van der Waals surface area contributed by atoms with Crippen LogP contribution >= 0.6 is 0 Å². The molecule has 0 unspecified atom stereocenters. The molecule has 0 aliphatic heterocycles. The summed E-state index contributed by atoms with van der Waals surface area (Å²) in [5.74, 6) is 0. The summed E-state index contributed by atoms with van der Waals surface area (Å²) in [5.41, 5.74) is 2.50. The number of fused-ring (bicyclic) bond motifs is 3. The summed E-state index contributed by atoms with van der Waals surface area (Å²) in [6.45, 7) is 0. The van der Waals surface area contributed by atoms with Gasteiger partial charge in [0.15, 0.2) is 0 Å². The van der Waals surface area contributed by atoms with E-state index < -0.39 is 9.84 Å². The van der Waals surface area contributed by atoms with Gasteiger partial charge >= 0.3 is 0 Å². The van der Waals surface area contributed by atoms with E-state index in [0.29, 0.717) is 15.8 Å². The summed E-state index contributed by atoms with van der Waals surface area (Å²) in [7, 11) is 0.150. The highest BCUT2D eigenvalue weighted by Gasteiger charge is 2.23. The van der Waals surface area contributed by atoms with Crippen molar-refractivity contribution in [2.45, 2.75) is 9.79 Å². The van der Waals surface area contributed by atoms with Crippen molar-refractivity contribution < 1.29 is 8.42 Å². The van der Waals surface area contributed by atoms with Crippen molar-refractivity contribution in [1.29, 1.82) is 0 Å². The molecule has 0 aliphatic rings. The molecule has 5 rings (SSSR count). The first kappa shape index (κ1) is 18.6. The van der Waals surface area contributed by atoms with E-state index >= 15 is 0 Å². The second kappa shape index (κ2) is 6.82. The van der Waals surface area contributed by atoms with Gasteiger partial charge < -0.3 is 4.90 Å². The minimum Gasteiger partial charge on any atom is -0.377 e. The summed E-state index contributed by atoms with van der Waals surface area (Å²) < 4.78 is 27.7. The van der Waals surface area contributed by atoms with Crippen LogP contribution in [0.3, 0.4) is 0 Å². The number of para-hydroxylation sites is 1. The molecule has 0 bridgehead atoms. The predicted molar refractivity (Wildman–Crippen MR) is 123 cm³/mol. The molecule has 0 spiro atoms. The van der Waals surface area contributed by atoms with Gasteiger partial charge in [0.25, 0.3) is 0 Å². The van der Waals surface area contributed by atoms with Crippen LogP contribution in [-0.2, 0) is 9.84 Å². The molecule has 0 saturated heterocycles. The third kappa shape index (κ3) is 2.82. The van der Waals surface area contributed by atoms with Gasteiger partial charge in [0.1, 0.15) is 0 Å². The molecule has 0 amide bonds. The van der Waals surface area contributed by atoms with E-state index in [1.165, 1.54) is 0 Å². The summed E-state index contributed by atoms with van der Waals surface area (Å²) in [6.07, 6.45) is 0. The van der Waals surface area contributed by atoms with Crippen LogP contribution in [-0.4, -0.2) is 27.5 Å². The van der Waals surface area contributed by atoms with E-state index in [0.717, 1.165) is 27.4 Å². The Hall–Kier alpha value is -3.44. The first-order valence-corrected chi connectivity index (χ1v) is 11.2. The Morgan fingerprint density at radius 1 is 0.667 bits per heavy atom. The second-order valence-electron chi connectivity index (χ2n) is 7.53. The normalized spacial score (nSPS) is 11.9. The third-order valence-corrected chi connectivity index (χ3v) is 7.31. The van der Waals surface area contributed by atoms with Crippen molar-refractivity contribution in [3.8, 4) is 0 Å². The molecule has 148 valence electrons. The maximum Gasteiger partial charge on any atom is 0.207 e. The van der Waals surface area contributed by atoms with Crippen LogP contribution in [0, 0.1) is 0 Å². The standard InChI is InChI=1S/C25H20N2O2S/c1-27(2)23-13-5-10-19-18(23)9-6-14-24(19)30(28,29)25-15-7-12-22-20(25)16-17-8-3-4-11-21(17)26-22/h3-16H,1-2H3. The highest BCUT2D eigenvalue weighted by molar-refractivity contribution is 7.92. The minimum atomic E-state index is -3.76. The zero-order valence-electron chi connectivity index (χ0n) is 16.7. The van der Waals surface area contributed by atoms with Crippen molar-refractivity contribution in [2.75, 3.05) is 19.0 Å². The predicted octanol–water partition coefficient (Wildman–Crippen LogP) is 5.44. The van der Waals surface area contributed by atoms with Crippen LogP contribution in [0.1, 0.15) is 0 Å². The van der Waals surface area contributed by atoms with Gasteiger partial charge in [-0.1, -0.05) is 48.5 Å². The Morgan fingerprint density at radius 3 is 2.10 bits per heavy atom. The third-order valence-electron chi connectivity index (χ3n) is 5.44. The van der Waals surface area contributed by atoms with E-state index in [1.807, 2.05) is 79.7 Å². The Kier molecular flexibility index (Phi) is 4.22. The maximum atomic E-state index is 13.8. The Balaban J connectivity index is 1.82. The molecule has 5 aromatic rings. The number of anilines is 1. The average Bonchev–Trinajstić information content (AvgIpc) is 2.76. The van der Waals surface area contributed by atoms with Crippen LogP contribution in [0.2, 0.25) is 0 Å². The molecule has 0 saturated carbocycles. The molecule has 0 fully saturated rings. The van der Waals surface area contributed by atoms with Crippen molar-refractivity contribution >= 4 is 48.1 Å². The molecule has 5 heteroatoms. The van der Waals surface area contributed by atoms with Crippen LogP contribution in [0.5, 0.6) is 0 Å². The van der Waals surface area contributed by atoms with Crippen molar-refractivity contribution in [1.82, 2.24) is 4.98 Å². The lowest BCUT2D eigenvalue weighted by molar-refractivity contribution is 0.598. The highest BCUT2D eigenvalue weighted by atomic mass is 32.2. The molecule has 0 atom stereocenters. The van der Waals surface area contributed by atoms with Crippen molar-refractivity contribution in [3.63, 3.8) is 0 Å². The van der Waals surface area contributed by atoms with Gasteiger partial charge in [-0.3, -0.25) is 0 Å². The molecule has 0 N–H and O–H groups in total. The fourth-order valence-corrected chi connectivity index (χ4v) is 5.69. The van der Waals surface area contributed by atoms with E-state index in [4.69, 9.17) is 0 Å². The Bertz CT molecular complexity index is 1540. The van der Waals surface area contributed by atoms with Crippen LogP contribution < -0.4 is 4.90 Å². The van der Waals surface area contributed by atoms with Crippen LogP contribution in [0.4, 0.5) is 5.69 Å². The zero-order chi connectivity index (χ0) is 20.9. The lowest BCUT2D eigenvalue weighted by atomic mass is 10.1. The number of aromatic nitrogens is 1. The van der Waals surface area contributed by atoms with E-state index in [1.54, 1.807) is 24.3 Å². The SMILES string of the molecule is CN(C)c1cccc2c(S(=O)(=O)c3cccc4nc5ccccc5cc34)cccc12. The number of sulfone groups is 1. The van der Waals surface area contributed by atoms with Gasteiger partial charge in [0, 0.05) is 41.3 Å². The smallest absolute Gasteiger partial charge is 0.207 e. The summed E-state index contributed by atoms with van der Waals surface area (Å²) in [4.78, 5) is 7.26. The monoisotopic (exact) mass is 412 g/mol. The van der Waals surface area contributed by atoms with Gasteiger partial charge in [-0.15, -0.1) is 0 Å². The fourth-order valence-electron chi connectivity index (χ4n) is 4.01. The van der Waals surface area contributed by atoms with E-state index in [2.05, 4.69) is 4.98 Å². The average molecular weight is 413 g/mol. The van der Waals surface area contributed by atoms with Crippen LogP contribution in [0.15, 0.2) is 94.7 Å². The molecule has 4 aromatic carbocycles. The topological polar surface area (TPSA) is 50.3 Å². The molecule has 30 heavy (non-hydrogen) atoms. The van der Waals surface area contributed by atoms with E-state index in [9.17, 15) is 8.42 Å². The number of rotatable bonds is 3. The number of nitrogens with zero attached hydrogens (tertiary/aromatic N) is 2. The molecule has 1 heterocycles. The molecule has 0 radical (unpaired) electrons. The second-order valence-corrected chi connectivity index (χ2v) is 9.42. The summed E-state index contributed by atoms with van der Waals surface area (Å²) >= 11 is 0. The van der Waals surface area contributed by atoms with Gasteiger partial charge in [0.2, 0.25) is 9.84 Å². The summed E-state index contributed by atoms with van der Waals surface area (Å²) in [5, 5.41) is 3.18. The van der Waals surface area contributed by atoms with Gasteiger partial charge in [-0.2, -0.15) is 0 Å². The molecule has 0 aliphatic carbocycles.